The first kappa shape index (κ1) is 15.7. The molecule has 0 atom stereocenters. The molecule has 1 aliphatic carbocycles. The molecular weight excluding hydrogens is 286 g/mol. The van der Waals surface area contributed by atoms with Crippen LogP contribution < -0.4 is 5.32 Å². The molecule has 0 radical (unpaired) electrons. The minimum atomic E-state index is 0.0405. The SMILES string of the molecule is Cc1cccc(C2(CNC(=O)Cc3cncnc3)CCCC2)c1. The Morgan fingerprint density at radius 1 is 1.22 bits per heavy atom. The van der Waals surface area contributed by atoms with E-state index in [1.807, 2.05) is 0 Å². The van der Waals surface area contributed by atoms with Gasteiger partial charge in [0, 0.05) is 24.4 Å². The number of aryl methyl sites for hydroxylation is 1. The van der Waals surface area contributed by atoms with E-state index in [1.165, 1.54) is 30.3 Å². The summed E-state index contributed by atoms with van der Waals surface area (Å²) in [5.41, 5.74) is 3.58. The summed E-state index contributed by atoms with van der Waals surface area (Å²) in [6.45, 7) is 2.84. The summed E-state index contributed by atoms with van der Waals surface area (Å²) in [7, 11) is 0. The lowest BCUT2D eigenvalue weighted by molar-refractivity contribution is -0.120. The van der Waals surface area contributed by atoms with Crippen LogP contribution in [0.5, 0.6) is 0 Å². The number of carbonyl (C=O) groups excluding carboxylic acids is 1. The lowest BCUT2D eigenvalue weighted by Crippen LogP contribution is -2.39. The predicted octanol–water partition coefficient (Wildman–Crippen LogP) is 2.96. The van der Waals surface area contributed by atoms with Crippen LogP contribution in [0.25, 0.3) is 0 Å². The molecular formula is C19H23N3O. The molecule has 1 amide bonds. The van der Waals surface area contributed by atoms with Crippen LogP contribution in [0.4, 0.5) is 0 Å². The van der Waals surface area contributed by atoms with E-state index in [0.29, 0.717) is 13.0 Å². The van der Waals surface area contributed by atoms with Crippen LogP contribution in [-0.2, 0) is 16.6 Å². The number of rotatable bonds is 5. The molecule has 0 saturated heterocycles. The summed E-state index contributed by atoms with van der Waals surface area (Å²) in [5, 5.41) is 3.14. The topological polar surface area (TPSA) is 54.9 Å². The van der Waals surface area contributed by atoms with Gasteiger partial charge in [-0.1, -0.05) is 42.7 Å². The highest BCUT2D eigenvalue weighted by Gasteiger charge is 2.35. The Bertz CT molecular complexity index is 663. The van der Waals surface area contributed by atoms with E-state index in [9.17, 15) is 4.79 Å². The third kappa shape index (κ3) is 3.76. The second-order valence-electron chi connectivity index (χ2n) is 6.56. The number of carbonyl (C=O) groups is 1. The van der Waals surface area contributed by atoms with Crippen molar-refractivity contribution in [2.24, 2.45) is 0 Å². The maximum atomic E-state index is 12.2. The maximum absolute atomic E-state index is 12.2. The number of nitrogens with one attached hydrogen (secondary N) is 1. The van der Waals surface area contributed by atoms with Crippen LogP contribution in [0.2, 0.25) is 0 Å². The Morgan fingerprint density at radius 3 is 2.65 bits per heavy atom. The lowest BCUT2D eigenvalue weighted by Gasteiger charge is -2.30. The molecule has 1 N–H and O–H groups in total. The van der Waals surface area contributed by atoms with Gasteiger partial charge >= 0.3 is 0 Å². The van der Waals surface area contributed by atoms with E-state index in [2.05, 4.69) is 46.5 Å². The third-order valence-electron chi connectivity index (χ3n) is 4.79. The van der Waals surface area contributed by atoms with Crippen molar-refractivity contribution in [3.63, 3.8) is 0 Å². The quantitative estimate of drug-likeness (QED) is 0.924. The Kier molecular flexibility index (Phi) is 4.70. The number of hydrogen-bond acceptors (Lipinski definition) is 3. The molecule has 120 valence electrons. The number of aromatic nitrogens is 2. The number of benzene rings is 1. The van der Waals surface area contributed by atoms with Crippen molar-refractivity contribution >= 4 is 5.91 Å². The molecule has 1 aliphatic rings. The smallest absolute Gasteiger partial charge is 0.224 e. The fraction of sp³-hybridized carbons (Fsp3) is 0.421. The highest BCUT2D eigenvalue weighted by atomic mass is 16.1. The highest BCUT2D eigenvalue weighted by Crippen LogP contribution is 2.40. The van der Waals surface area contributed by atoms with Crippen LogP contribution in [0.15, 0.2) is 43.0 Å². The summed E-state index contributed by atoms with van der Waals surface area (Å²) in [6, 6.07) is 8.71. The van der Waals surface area contributed by atoms with Crippen molar-refractivity contribution in [2.75, 3.05) is 6.54 Å². The number of nitrogens with zero attached hydrogens (tertiary/aromatic N) is 2. The van der Waals surface area contributed by atoms with Crippen molar-refractivity contribution in [3.8, 4) is 0 Å². The van der Waals surface area contributed by atoms with Gasteiger partial charge in [-0.15, -0.1) is 0 Å². The van der Waals surface area contributed by atoms with E-state index in [-0.39, 0.29) is 11.3 Å². The van der Waals surface area contributed by atoms with Gasteiger partial charge < -0.3 is 5.32 Å². The van der Waals surface area contributed by atoms with Gasteiger partial charge in [-0.05, 0) is 30.9 Å². The second kappa shape index (κ2) is 6.90. The molecule has 23 heavy (non-hydrogen) atoms. The molecule has 1 aromatic carbocycles. The van der Waals surface area contributed by atoms with Crippen LogP contribution in [0.1, 0.15) is 42.4 Å². The second-order valence-corrected chi connectivity index (χ2v) is 6.56. The van der Waals surface area contributed by atoms with E-state index >= 15 is 0 Å². The van der Waals surface area contributed by atoms with Gasteiger partial charge in [0.25, 0.3) is 0 Å². The fourth-order valence-electron chi connectivity index (χ4n) is 3.53. The minimum absolute atomic E-state index is 0.0405. The van der Waals surface area contributed by atoms with Crippen LogP contribution >= 0.6 is 0 Å². The molecule has 2 aromatic rings. The molecule has 4 heteroatoms. The Hall–Kier alpha value is -2.23. The van der Waals surface area contributed by atoms with Gasteiger partial charge in [-0.2, -0.15) is 0 Å². The molecule has 1 fully saturated rings. The van der Waals surface area contributed by atoms with Gasteiger partial charge in [-0.25, -0.2) is 9.97 Å². The fourth-order valence-corrected chi connectivity index (χ4v) is 3.53. The normalized spacial score (nSPS) is 16.2. The van der Waals surface area contributed by atoms with E-state index in [1.54, 1.807) is 12.4 Å². The minimum Gasteiger partial charge on any atom is -0.355 e. The maximum Gasteiger partial charge on any atom is 0.224 e. The zero-order chi connectivity index (χ0) is 16.1. The summed E-state index contributed by atoms with van der Waals surface area (Å²) in [5.74, 6) is 0.0405. The Balaban J connectivity index is 1.67. The molecule has 0 unspecified atom stereocenters. The molecule has 0 aliphatic heterocycles. The van der Waals surface area contributed by atoms with Gasteiger partial charge in [0.1, 0.15) is 6.33 Å². The summed E-state index contributed by atoms with van der Waals surface area (Å²) in [6.07, 6.45) is 9.96. The van der Waals surface area contributed by atoms with E-state index in [0.717, 1.165) is 18.4 Å². The van der Waals surface area contributed by atoms with Crippen LogP contribution in [-0.4, -0.2) is 22.4 Å². The predicted molar refractivity (Wildman–Crippen MR) is 90.1 cm³/mol. The van der Waals surface area contributed by atoms with Gasteiger partial charge in [0.15, 0.2) is 0 Å². The Labute approximate surface area is 137 Å². The zero-order valence-corrected chi connectivity index (χ0v) is 13.6. The van der Waals surface area contributed by atoms with Crippen molar-refractivity contribution in [1.29, 1.82) is 0 Å². The Morgan fingerprint density at radius 2 is 1.96 bits per heavy atom. The first-order valence-corrected chi connectivity index (χ1v) is 8.26. The van der Waals surface area contributed by atoms with Crippen LogP contribution in [0.3, 0.4) is 0 Å². The first-order chi connectivity index (χ1) is 11.2. The summed E-state index contributed by atoms with van der Waals surface area (Å²) < 4.78 is 0. The molecule has 1 saturated carbocycles. The average molecular weight is 309 g/mol. The zero-order valence-electron chi connectivity index (χ0n) is 13.6. The number of amides is 1. The van der Waals surface area contributed by atoms with E-state index in [4.69, 9.17) is 0 Å². The standard InChI is InChI=1S/C19H23N3O/c1-15-5-4-6-17(9-15)19(7-2-3-8-19)13-22-18(23)10-16-11-20-14-21-12-16/h4-6,9,11-12,14H,2-3,7-8,10,13H2,1H3,(H,22,23). The molecule has 0 spiro atoms. The summed E-state index contributed by atoms with van der Waals surface area (Å²) in [4.78, 5) is 20.2. The van der Waals surface area contributed by atoms with Crippen molar-refractivity contribution in [2.45, 2.75) is 44.4 Å². The highest BCUT2D eigenvalue weighted by molar-refractivity contribution is 5.78. The van der Waals surface area contributed by atoms with Crippen molar-refractivity contribution < 1.29 is 4.79 Å². The lowest BCUT2D eigenvalue weighted by atomic mass is 9.78. The van der Waals surface area contributed by atoms with E-state index < -0.39 is 0 Å². The van der Waals surface area contributed by atoms with Gasteiger partial charge in [0.2, 0.25) is 5.91 Å². The van der Waals surface area contributed by atoms with Gasteiger partial charge in [-0.3, -0.25) is 4.79 Å². The monoisotopic (exact) mass is 309 g/mol. The van der Waals surface area contributed by atoms with Gasteiger partial charge in [0.05, 0.1) is 6.42 Å². The molecule has 1 aromatic heterocycles. The van der Waals surface area contributed by atoms with Crippen molar-refractivity contribution in [3.05, 3.63) is 59.7 Å². The first-order valence-electron chi connectivity index (χ1n) is 8.26. The molecule has 3 rings (SSSR count). The average Bonchev–Trinajstić information content (AvgIpc) is 3.04. The largest absolute Gasteiger partial charge is 0.355 e. The summed E-state index contributed by atoms with van der Waals surface area (Å²) >= 11 is 0. The molecule has 0 bridgehead atoms. The van der Waals surface area contributed by atoms with Crippen LogP contribution in [0, 0.1) is 6.92 Å². The van der Waals surface area contributed by atoms with Crippen molar-refractivity contribution in [1.82, 2.24) is 15.3 Å². The third-order valence-corrected chi connectivity index (χ3v) is 4.79. The number of hydrogen-bond donors (Lipinski definition) is 1. The molecule has 4 nitrogen and oxygen atoms in total. The molecule has 1 heterocycles.